The Labute approximate surface area is 81.1 Å². The highest BCUT2D eigenvalue weighted by Crippen LogP contribution is 2.34. The summed E-state index contributed by atoms with van der Waals surface area (Å²) in [5.74, 6) is -3.14. The molecule has 7 heteroatoms. The third kappa shape index (κ3) is 2.17. The molecule has 0 heterocycles. The van der Waals surface area contributed by atoms with Crippen molar-refractivity contribution < 1.29 is 27.5 Å². The number of rotatable bonds is 1. The number of nitrogen functional groups attached to an aromatic ring is 1. The van der Waals surface area contributed by atoms with Crippen LogP contribution in [0.15, 0.2) is 12.1 Å². The Bertz CT molecular complexity index is 414. The fourth-order valence-corrected chi connectivity index (χ4v) is 0.999. The highest BCUT2D eigenvalue weighted by Gasteiger charge is 2.34. The smallest absolute Gasteiger partial charge is 0.418 e. The van der Waals surface area contributed by atoms with E-state index in [1.165, 1.54) is 0 Å². The van der Waals surface area contributed by atoms with Gasteiger partial charge in [-0.15, -0.1) is 0 Å². The quantitative estimate of drug-likeness (QED) is 0.566. The van der Waals surface area contributed by atoms with Gasteiger partial charge in [0.1, 0.15) is 5.82 Å². The third-order valence-electron chi connectivity index (χ3n) is 1.68. The average molecular weight is 223 g/mol. The van der Waals surface area contributed by atoms with Crippen molar-refractivity contribution in [2.75, 3.05) is 5.73 Å². The number of carboxylic acid groups (broad SMARTS) is 1. The lowest BCUT2D eigenvalue weighted by Gasteiger charge is -2.10. The molecule has 0 atom stereocenters. The van der Waals surface area contributed by atoms with Gasteiger partial charge in [0.25, 0.3) is 0 Å². The van der Waals surface area contributed by atoms with Crippen LogP contribution in [-0.2, 0) is 6.18 Å². The molecule has 0 spiro atoms. The largest absolute Gasteiger partial charge is 0.478 e. The van der Waals surface area contributed by atoms with E-state index in [4.69, 9.17) is 10.8 Å². The van der Waals surface area contributed by atoms with E-state index in [9.17, 15) is 22.4 Å². The number of anilines is 1. The maximum atomic E-state index is 12.9. The van der Waals surface area contributed by atoms with Gasteiger partial charge in [-0.25, -0.2) is 9.18 Å². The van der Waals surface area contributed by atoms with E-state index in [2.05, 4.69) is 0 Å². The van der Waals surface area contributed by atoms with E-state index < -0.39 is 34.8 Å². The van der Waals surface area contributed by atoms with Crippen LogP contribution in [0.25, 0.3) is 0 Å². The van der Waals surface area contributed by atoms with Crippen LogP contribution in [0.1, 0.15) is 15.9 Å². The Morgan fingerprint density at radius 1 is 1.33 bits per heavy atom. The molecule has 0 radical (unpaired) electrons. The number of aromatic carboxylic acids is 1. The predicted octanol–water partition coefficient (Wildman–Crippen LogP) is 2.12. The summed E-state index contributed by atoms with van der Waals surface area (Å²) in [5.41, 5.74) is 1.87. The maximum Gasteiger partial charge on any atom is 0.418 e. The number of halogens is 4. The van der Waals surface area contributed by atoms with E-state index in [-0.39, 0.29) is 6.07 Å². The predicted molar refractivity (Wildman–Crippen MR) is 42.8 cm³/mol. The molecule has 0 aliphatic heterocycles. The Morgan fingerprint density at radius 2 is 1.87 bits per heavy atom. The highest BCUT2D eigenvalue weighted by molar-refractivity contribution is 5.89. The second kappa shape index (κ2) is 3.41. The molecule has 82 valence electrons. The molecule has 0 saturated carbocycles. The number of hydrogen-bond acceptors (Lipinski definition) is 2. The topological polar surface area (TPSA) is 63.3 Å². The van der Waals surface area contributed by atoms with E-state index in [1.807, 2.05) is 0 Å². The van der Waals surface area contributed by atoms with Crippen LogP contribution in [0.3, 0.4) is 0 Å². The standard InChI is InChI=1S/C8H5F4NO2/c9-5-2-4(8(10,11)12)6(13)1-3(5)7(14)15/h1-2H,13H2,(H,14,15). The molecular weight excluding hydrogens is 218 g/mol. The van der Waals surface area contributed by atoms with E-state index in [1.54, 1.807) is 0 Å². The van der Waals surface area contributed by atoms with Crippen molar-refractivity contribution in [1.82, 2.24) is 0 Å². The normalized spacial score (nSPS) is 11.5. The molecule has 0 bridgehead atoms. The molecule has 1 rings (SSSR count). The van der Waals surface area contributed by atoms with Gasteiger partial charge in [0.15, 0.2) is 0 Å². The summed E-state index contributed by atoms with van der Waals surface area (Å²) in [5, 5.41) is 8.41. The highest BCUT2D eigenvalue weighted by atomic mass is 19.4. The first-order chi connectivity index (χ1) is 6.73. The van der Waals surface area contributed by atoms with Gasteiger partial charge in [-0.1, -0.05) is 0 Å². The van der Waals surface area contributed by atoms with Crippen molar-refractivity contribution in [3.8, 4) is 0 Å². The van der Waals surface area contributed by atoms with Crippen LogP contribution < -0.4 is 5.73 Å². The van der Waals surface area contributed by atoms with Crippen molar-refractivity contribution in [2.45, 2.75) is 6.18 Å². The average Bonchev–Trinajstić information content (AvgIpc) is 2.06. The molecule has 0 amide bonds. The monoisotopic (exact) mass is 223 g/mol. The zero-order chi connectivity index (χ0) is 11.8. The van der Waals surface area contributed by atoms with Crippen LogP contribution in [0, 0.1) is 5.82 Å². The molecule has 0 unspecified atom stereocenters. The van der Waals surface area contributed by atoms with Crippen molar-refractivity contribution >= 4 is 11.7 Å². The van der Waals surface area contributed by atoms with Crippen molar-refractivity contribution in [3.63, 3.8) is 0 Å². The van der Waals surface area contributed by atoms with E-state index in [0.717, 1.165) is 0 Å². The van der Waals surface area contributed by atoms with E-state index >= 15 is 0 Å². The van der Waals surface area contributed by atoms with Gasteiger partial charge >= 0.3 is 12.1 Å². The van der Waals surface area contributed by atoms with Crippen molar-refractivity contribution in [1.29, 1.82) is 0 Å². The van der Waals surface area contributed by atoms with Crippen LogP contribution in [0.5, 0.6) is 0 Å². The van der Waals surface area contributed by atoms with Crippen LogP contribution >= 0.6 is 0 Å². The summed E-state index contributed by atoms with van der Waals surface area (Å²) in [6, 6.07) is 0.513. The molecular formula is C8H5F4NO2. The molecule has 0 aliphatic rings. The Balaban J connectivity index is 3.39. The number of carboxylic acids is 1. The third-order valence-corrected chi connectivity index (χ3v) is 1.68. The molecule has 0 aliphatic carbocycles. The minimum atomic E-state index is -4.80. The Hall–Kier alpha value is -1.79. The molecule has 15 heavy (non-hydrogen) atoms. The van der Waals surface area contributed by atoms with Crippen LogP contribution in [0.2, 0.25) is 0 Å². The molecule has 0 fully saturated rings. The second-order valence-electron chi connectivity index (χ2n) is 2.72. The van der Waals surface area contributed by atoms with Crippen LogP contribution in [-0.4, -0.2) is 11.1 Å². The summed E-state index contributed by atoms with van der Waals surface area (Å²) in [7, 11) is 0. The van der Waals surface area contributed by atoms with Gasteiger partial charge in [0.05, 0.1) is 11.1 Å². The molecule has 3 N–H and O–H groups in total. The summed E-state index contributed by atoms with van der Waals surface area (Å²) in [6.45, 7) is 0. The first-order valence-corrected chi connectivity index (χ1v) is 3.63. The minimum Gasteiger partial charge on any atom is -0.478 e. The minimum absolute atomic E-state index is 0.0682. The SMILES string of the molecule is Nc1cc(C(=O)O)c(F)cc1C(F)(F)F. The zero-order valence-electron chi connectivity index (χ0n) is 7.10. The number of hydrogen-bond donors (Lipinski definition) is 2. The Kier molecular flexibility index (Phi) is 2.57. The Morgan fingerprint density at radius 3 is 2.27 bits per heavy atom. The van der Waals surface area contributed by atoms with Crippen molar-refractivity contribution in [3.05, 3.63) is 29.1 Å². The van der Waals surface area contributed by atoms with Crippen molar-refractivity contribution in [2.24, 2.45) is 0 Å². The number of benzene rings is 1. The first kappa shape index (κ1) is 11.3. The van der Waals surface area contributed by atoms with Gasteiger partial charge in [-0.2, -0.15) is 13.2 Å². The maximum absolute atomic E-state index is 12.9. The lowest BCUT2D eigenvalue weighted by atomic mass is 10.1. The van der Waals surface area contributed by atoms with Crippen LogP contribution in [0.4, 0.5) is 23.2 Å². The first-order valence-electron chi connectivity index (χ1n) is 3.63. The lowest BCUT2D eigenvalue weighted by Crippen LogP contribution is -2.12. The fraction of sp³-hybridized carbons (Fsp3) is 0.125. The molecule has 0 aromatic heterocycles. The summed E-state index contributed by atoms with van der Waals surface area (Å²) < 4.78 is 49.4. The summed E-state index contributed by atoms with van der Waals surface area (Å²) in [4.78, 5) is 10.4. The van der Waals surface area contributed by atoms with Gasteiger partial charge in [0.2, 0.25) is 0 Å². The number of nitrogens with two attached hydrogens (primary N) is 1. The summed E-state index contributed by atoms with van der Waals surface area (Å²) in [6.07, 6.45) is -4.80. The molecule has 0 saturated heterocycles. The van der Waals surface area contributed by atoms with Gasteiger partial charge in [0, 0.05) is 5.69 Å². The number of alkyl halides is 3. The van der Waals surface area contributed by atoms with Gasteiger partial charge < -0.3 is 10.8 Å². The summed E-state index contributed by atoms with van der Waals surface area (Å²) >= 11 is 0. The fourth-order valence-electron chi connectivity index (χ4n) is 0.999. The van der Waals surface area contributed by atoms with E-state index in [0.29, 0.717) is 6.07 Å². The molecule has 1 aromatic carbocycles. The van der Waals surface area contributed by atoms with Gasteiger partial charge in [-0.05, 0) is 12.1 Å². The molecule has 3 nitrogen and oxygen atoms in total. The lowest BCUT2D eigenvalue weighted by molar-refractivity contribution is -0.137. The second-order valence-corrected chi connectivity index (χ2v) is 2.72. The molecule has 1 aromatic rings. The van der Waals surface area contributed by atoms with Gasteiger partial charge in [-0.3, -0.25) is 0 Å². The number of carbonyl (C=O) groups is 1. The zero-order valence-corrected chi connectivity index (χ0v) is 7.10.